The van der Waals surface area contributed by atoms with Crippen LogP contribution in [0.15, 0.2) is 0 Å². The highest BCUT2D eigenvalue weighted by molar-refractivity contribution is 5.01. The van der Waals surface area contributed by atoms with E-state index in [0.29, 0.717) is 0 Å². The molecule has 0 radical (unpaired) electrons. The first-order valence-corrected chi connectivity index (χ1v) is 11.6. The highest BCUT2D eigenvalue weighted by Crippen LogP contribution is 2.44. The molecule has 25 heavy (non-hydrogen) atoms. The molecule has 144 valence electrons. The number of nitrogens with zero attached hydrogens (tertiary/aromatic N) is 1. The van der Waals surface area contributed by atoms with Crippen molar-refractivity contribution in [2.24, 2.45) is 23.2 Å². The molecule has 2 saturated carbocycles. The van der Waals surface area contributed by atoms with Crippen LogP contribution in [0, 0.1) is 34.5 Å². The molecule has 0 heterocycles. The van der Waals surface area contributed by atoms with E-state index in [1.54, 1.807) is 0 Å². The normalized spacial score (nSPS) is 33.1. The molecule has 1 heteroatoms. The first-order valence-electron chi connectivity index (χ1n) is 11.6. The van der Waals surface area contributed by atoms with Crippen LogP contribution in [0.1, 0.15) is 123 Å². The molecule has 0 aromatic carbocycles. The predicted octanol–water partition coefficient (Wildman–Crippen LogP) is 8.04. The highest BCUT2D eigenvalue weighted by Gasteiger charge is 2.35. The summed E-state index contributed by atoms with van der Waals surface area (Å²) in [6.45, 7) is 4.56. The van der Waals surface area contributed by atoms with Crippen LogP contribution in [0.25, 0.3) is 0 Å². The molecule has 0 N–H and O–H groups in total. The number of nitriles is 1. The Labute approximate surface area is 158 Å². The first kappa shape index (κ1) is 20.8. The second-order valence-corrected chi connectivity index (χ2v) is 9.40. The average molecular weight is 346 g/mol. The monoisotopic (exact) mass is 345 g/mol. The van der Waals surface area contributed by atoms with Crippen molar-refractivity contribution in [1.29, 1.82) is 5.26 Å². The maximum Gasteiger partial charge on any atom is 0.0689 e. The summed E-state index contributed by atoms with van der Waals surface area (Å²) < 4.78 is 0. The van der Waals surface area contributed by atoms with E-state index >= 15 is 0 Å². The zero-order chi connectivity index (χ0) is 18.0. The van der Waals surface area contributed by atoms with Crippen LogP contribution in [0.2, 0.25) is 0 Å². The Morgan fingerprint density at radius 1 is 0.720 bits per heavy atom. The minimum absolute atomic E-state index is 0.0447. The van der Waals surface area contributed by atoms with E-state index in [9.17, 15) is 5.26 Å². The van der Waals surface area contributed by atoms with Crippen LogP contribution in [-0.4, -0.2) is 0 Å². The van der Waals surface area contributed by atoms with Crippen molar-refractivity contribution in [2.45, 2.75) is 123 Å². The summed E-state index contributed by atoms with van der Waals surface area (Å²) in [5, 5.41) is 9.64. The van der Waals surface area contributed by atoms with Gasteiger partial charge in [0.1, 0.15) is 0 Å². The van der Waals surface area contributed by atoms with Gasteiger partial charge in [-0.3, -0.25) is 0 Å². The first-order chi connectivity index (χ1) is 12.2. The van der Waals surface area contributed by atoms with E-state index in [-0.39, 0.29) is 5.41 Å². The molecule has 0 unspecified atom stereocenters. The van der Waals surface area contributed by atoms with Gasteiger partial charge in [-0.1, -0.05) is 90.9 Å². The van der Waals surface area contributed by atoms with Crippen LogP contribution in [0.5, 0.6) is 0 Å². The Morgan fingerprint density at radius 3 is 1.76 bits per heavy atom. The summed E-state index contributed by atoms with van der Waals surface area (Å²) in [7, 11) is 0. The molecule has 0 aromatic heterocycles. The van der Waals surface area contributed by atoms with Gasteiger partial charge < -0.3 is 0 Å². The van der Waals surface area contributed by atoms with Gasteiger partial charge >= 0.3 is 0 Å². The van der Waals surface area contributed by atoms with Crippen molar-refractivity contribution in [3.05, 3.63) is 0 Å². The van der Waals surface area contributed by atoms with E-state index in [1.165, 1.54) is 103 Å². The summed E-state index contributed by atoms with van der Waals surface area (Å²) in [5.74, 6) is 2.99. The number of rotatable bonds is 10. The molecule has 0 aliphatic heterocycles. The van der Waals surface area contributed by atoms with Crippen molar-refractivity contribution in [2.75, 3.05) is 0 Å². The molecule has 0 atom stereocenters. The van der Waals surface area contributed by atoms with Crippen molar-refractivity contribution in [1.82, 2.24) is 0 Å². The summed E-state index contributed by atoms with van der Waals surface area (Å²) in [6.07, 6.45) is 23.3. The zero-order valence-corrected chi connectivity index (χ0v) is 17.2. The van der Waals surface area contributed by atoms with Crippen LogP contribution < -0.4 is 0 Å². The third kappa shape index (κ3) is 6.96. The standard InChI is InChI=1S/C24H43N/c1-3-5-7-8-21-9-11-22(12-10-21)13-14-23-15-18-24(20-25,19-16-23)17-6-4-2/h21-23H,3-19H2,1-2H3. The smallest absolute Gasteiger partial charge is 0.0689 e. The quantitative estimate of drug-likeness (QED) is 0.367. The second-order valence-electron chi connectivity index (χ2n) is 9.40. The van der Waals surface area contributed by atoms with E-state index in [0.717, 1.165) is 24.2 Å². The Morgan fingerprint density at radius 2 is 1.24 bits per heavy atom. The molecular weight excluding hydrogens is 302 g/mol. The molecule has 0 spiro atoms. The Balaban J connectivity index is 1.60. The van der Waals surface area contributed by atoms with E-state index in [1.807, 2.05) is 0 Å². The number of hydrogen-bond donors (Lipinski definition) is 0. The third-order valence-electron chi connectivity index (χ3n) is 7.47. The molecule has 0 aromatic rings. The number of hydrogen-bond acceptors (Lipinski definition) is 1. The highest BCUT2D eigenvalue weighted by atomic mass is 14.4. The lowest BCUT2D eigenvalue weighted by Gasteiger charge is -2.36. The SMILES string of the molecule is CCCCCC1CCC(CCC2CCC(C#N)(CCCC)CC2)CC1. The number of unbranched alkanes of at least 4 members (excludes halogenated alkanes) is 3. The average Bonchev–Trinajstić information content (AvgIpc) is 2.67. The van der Waals surface area contributed by atoms with E-state index in [2.05, 4.69) is 19.9 Å². The van der Waals surface area contributed by atoms with Crippen LogP contribution in [-0.2, 0) is 0 Å². The fraction of sp³-hybridized carbons (Fsp3) is 0.958. The second kappa shape index (κ2) is 11.3. The molecule has 0 amide bonds. The zero-order valence-electron chi connectivity index (χ0n) is 17.2. The molecule has 1 nitrogen and oxygen atoms in total. The third-order valence-corrected chi connectivity index (χ3v) is 7.47. The van der Waals surface area contributed by atoms with Gasteiger partial charge in [-0.25, -0.2) is 0 Å². The van der Waals surface area contributed by atoms with Gasteiger partial charge in [0.2, 0.25) is 0 Å². The topological polar surface area (TPSA) is 23.8 Å². The fourth-order valence-corrected chi connectivity index (χ4v) is 5.41. The van der Waals surface area contributed by atoms with Crippen molar-refractivity contribution in [3.63, 3.8) is 0 Å². The summed E-state index contributed by atoms with van der Waals surface area (Å²) >= 11 is 0. The van der Waals surface area contributed by atoms with Gasteiger partial charge in [0, 0.05) is 0 Å². The van der Waals surface area contributed by atoms with Gasteiger partial charge in [0.25, 0.3) is 0 Å². The van der Waals surface area contributed by atoms with Gasteiger partial charge in [0.05, 0.1) is 11.5 Å². The minimum Gasteiger partial charge on any atom is -0.198 e. The predicted molar refractivity (Wildman–Crippen MR) is 108 cm³/mol. The Kier molecular flexibility index (Phi) is 9.36. The molecular formula is C24H43N. The lowest BCUT2D eigenvalue weighted by atomic mass is 9.67. The molecule has 2 fully saturated rings. The van der Waals surface area contributed by atoms with Gasteiger partial charge in [-0.15, -0.1) is 0 Å². The summed E-state index contributed by atoms with van der Waals surface area (Å²) in [6, 6.07) is 2.70. The van der Waals surface area contributed by atoms with Crippen LogP contribution in [0.3, 0.4) is 0 Å². The largest absolute Gasteiger partial charge is 0.198 e. The minimum atomic E-state index is 0.0447. The lowest BCUT2D eigenvalue weighted by molar-refractivity contribution is 0.171. The lowest BCUT2D eigenvalue weighted by Crippen LogP contribution is -2.26. The molecule has 0 bridgehead atoms. The molecule has 2 rings (SSSR count). The molecule has 2 aliphatic rings. The summed E-state index contributed by atoms with van der Waals surface area (Å²) in [5.41, 5.74) is 0.0447. The molecule has 2 aliphatic carbocycles. The van der Waals surface area contributed by atoms with Crippen LogP contribution >= 0.6 is 0 Å². The fourth-order valence-electron chi connectivity index (χ4n) is 5.41. The van der Waals surface area contributed by atoms with Gasteiger partial charge in [0.15, 0.2) is 0 Å². The Hall–Kier alpha value is -0.510. The van der Waals surface area contributed by atoms with Gasteiger partial charge in [-0.2, -0.15) is 5.26 Å². The van der Waals surface area contributed by atoms with Crippen molar-refractivity contribution < 1.29 is 0 Å². The van der Waals surface area contributed by atoms with Crippen molar-refractivity contribution in [3.8, 4) is 6.07 Å². The van der Waals surface area contributed by atoms with E-state index in [4.69, 9.17) is 0 Å². The Bertz CT molecular complexity index is 377. The maximum absolute atomic E-state index is 9.64. The van der Waals surface area contributed by atoms with Crippen LogP contribution in [0.4, 0.5) is 0 Å². The van der Waals surface area contributed by atoms with Crippen molar-refractivity contribution >= 4 is 0 Å². The molecule has 0 saturated heterocycles. The maximum atomic E-state index is 9.64. The van der Waals surface area contributed by atoms with E-state index < -0.39 is 0 Å². The summed E-state index contributed by atoms with van der Waals surface area (Å²) in [4.78, 5) is 0. The van der Waals surface area contributed by atoms with Gasteiger partial charge in [-0.05, 0) is 49.9 Å².